The highest BCUT2D eigenvalue weighted by Gasteiger charge is 2.31. The number of β-amino-alcohol motifs (C(OH)–C–C–N with tert-alkyl or cyclic N) is 1. The summed E-state index contributed by atoms with van der Waals surface area (Å²) in [5.41, 5.74) is 6.85. The van der Waals surface area contributed by atoms with Crippen molar-refractivity contribution in [3.05, 3.63) is 36.0 Å². The number of aliphatic hydroxyl groups is 1. The van der Waals surface area contributed by atoms with Crippen LogP contribution >= 0.6 is 0 Å². The molecule has 1 saturated heterocycles. The fourth-order valence-electron chi connectivity index (χ4n) is 2.67. The van der Waals surface area contributed by atoms with Gasteiger partial charge in [0.15, 0.2) is 6.19 Å². The van der Waals surface area contributed by atoms with Crippen LogP contribution in [0, 0.1) is 11.5 Å². The van der Waals surface area contributed by atoms with Crippen molar-refractivity contribution in [1.29, 1.82) is 5.26 Å². The Kier molecular flexibility index (Phi) is 2.73. The van der Waals surface area contributed by atoms with E-state index in [9.17, 15) is 5.11 Å². The van der Waals surface area contributed by atoms with Crippen molar-refractivity contribution in [3.8, 4) is 6.19 Å². The fourth-order valence-corrected chi connectivity index (χ4v) is 2.67. The van der Waals surface area contributed by atoms with E-state index in [2.05, 4.69) is 11.2 Å². The smallest absolute Gasteiger partial charge is 0.179 e. The summed E-state index contributed by atoms with van der Waals surface area (Å²) < 4.78 is 0. The molecule has 0 bridgehead atoms. The lowest BCUT2D eigenvalue weighted by molar-refractivity contribution is 0.186. The molecule has 3 N–H and O–H groups in total. The van der Waals surface area contributed by atoms with Crippen LogP contribution in [0.4, 0.5) is 5.82 Å². The molecule has 1 aromatic heterocycles. The second-order valence-corrected chi connectivity index (χ2v) is 4.83. The minimum atomic E-state index is -0.442. The Balaban J connectivity index is 2.04. The number of likely N-dealkylation sites (tertiary alicyclic amines) is 1. The van der Waals surface area contributed by atoms with Crippen LogP contribution in [0.3, 0.4) is 0 Å². The number of fused-ring (bicyclic) bond motifs is 1. The van der Waals surface area contributed by atoms with Gasteiger partial charge in [-0.1, -0.05) is 12.1 Å². The third-order valence-electron chi connectivity index (χ3n) is 3.61. The maximum atomic E-state index is 9.70. The fraction of sp³-hybridized carbons (Fsp3) is 0.286. The topological polar surface area (TPSA) is 86.2 Å². The van der Waals surface area contributed by atoms with Crippen molar-refractivity contribution in [2.45, 2.75) is 18.6 Å². The predicted octanol–water partition coefficient (Wildman–Crippen LogP) is 1.41. The highest BCUT2D eigenvalue weighted by atomic mass is 16.3. The average molecular weight is 254 g/mol. The lowest BCUT2D eigenvalue weighted by Gasteiger charge is -2.18. The molecule has 2 heterocycles. The highest BCUT2D eigenvalue weighted by molar-refractivity contribution is 5.91. The maximum absolute atomic E-state index is 9.70. The number of pyridine rings is 1. The van der Waals surface area contributed by atoms with Crippen LogP contribution in [0.1, 0.15) is 18.0 Å². The monoisotopic (exact) mass is 254 g/mol. The zero-order chi connectivity index (χ0) is 13.4. The summed E-state index contributed by atoms with van der Waals surface area (Å²) in [6.45, 7) is 0.400. The standard InChI is InChI=1S/C14H14N4O/c15-8-18-7-11(19)6-13(18)10-1-2-12-9(5-10)3-4-17-14(12)16/h1-5,11,13,19H,6-7H2,(H2,16,17)/t11-,13-/m1/s1. The summed E-state index contributed by atoms with van der Waals surface area (Å²) in [5.74, 6) is 0.507. The average Bonchev–Trinajstić information content (AvgIpc) is 2.80. The number of hydrogen-bond acceptors (Lipinski definition) is 5. The van der Waals surface area contributed by atoms with Crippen molar-refractivity contribution < 1.29 is 5.11 Å². The van der Waals surface area contributed by atoms with Gasteiger partial charge in [-0.3, -0.25) is 0 Å². The Bertz CT molecular complexity index is 664. The van der Waals surface area contributed by atoms with Crippen LogP contribution in [-0.4, -0.2) is 27.6 Å². The SMILES string of the molecule is N#CN1C[C@H](O)C[C@@H]1c1ccc2c(N)nccc2c1. The Labute approximate surface area is 110 Å². The molecule has 0 amide bonds. The molecule has 0 aliphatic carbocycles. The van der Waals surface area contributed by atoms with Crippen LogP contribution in [0.2, 0.25) is 0 Å². The second kappa shape index (κ2) is 4.41. The molecule has 0 radical (unpaired) electrons. The normalized spacial score (nSPS) is 22.6. The van der Waals surface area contributed by atoms with Crippen LogP contribution in [0.25, 0.3) is 10.8 Å². The van der Waals surface area contributed by atoms with Crippen molar-refractivity contribution in [1.82, 2.24) is 9.88 Å². The first-order valence-corrected chi connectivity index (χ1v) is 6.17. The first-order chi connectivity index (χ1) is 9.19. The number of hydrogen-bond donors (Lipinski definition) is 2. The first kappa shape index (κ1) is 11.8. The zero-order valence-electron chi connectivity index (χ0n) is 10.3. The molecule has 2 atom stereocenters. The third kappa shape index (κ3) is 1.96. The number of benzene rings is 1. The van der Waals surface area contributed by atoms with Crippen LogP contribution in [-0.2, 0) is 0 Å². The van der Waals surface area contributed by atoms with Crippen molar-refractivity contribution >= 4 is 16.6 Å². The van der Waals surface area contributed by atoms with Crippen LogP contribution in [0.5, 0.6) is 0 Å². The van der Waals surface area contributed by atoms with Gasteiger partial charge in [-0.25, -0.2) is 4.98 Å². The minimum absolute atomic E-state index is 0.0567. The number of aromatic nitrogens is 1. The van der Waals surface area contributed by atoms with Gasteiger partial charge in [0.1, 0.15) is 5.82 Å². The zero-order valence-corrected chi connectivity index (χ0v) is 10.3. The highest BCUT2D eigenvalue weighted by Crippen LogP contribution is 2.33. The number of nitriles is 1. The maximum Gasteiger partial charge on any atom is 0.179 e. The number of anilines is 1. The summed E-state index contributed by atoms with van der Waals surface area (Å²) in [6, 6.07) is 7.73. The second-order valence-electron chi connectivity index (χ2n) is 4.83. The van der Waals surface area contributed by atoms with Gasteiger partial charge in [0.05, 0.1) is 18.7 Å². The number of nitrogens with two attached hydrogens (primary N) is 1. The van der Waals surface area contributed by atoms with E-state index in [0.717, 1.165) is 16.3 Å². The van der Waals surface area contributed by atoms with Crippen LogP contribution in [0.15, 0.2) is 30.5 Å². The molecule has 0 unspecified atom stereocenters. The number of nitrogens with zero attached hydrogens (tertiary/aromatic N) is 3. The van der Waals surface area contributed by atoms with Gasteiger partial charge >= 0.3 is 0 Å². The number of nitrogen functional groups attached to an aromatic ring is 1. The van der Waals surface area contributed by atoms with Crippen molar-refractivity contribution in [2.24, 2.45) is 0 Å². The van der Waals surface area contributed by atoms with E-state index >= 15 is 0 Å². The number of aliphatic hydroxyl groups excluding tert-OH is 1. The minimum Gasteiger partial charge on any atom is -0.391 e. The van der Waals surface area contributed by atoms with E-state index in [1.54, 1.807) is 11.1 Å². The summed E-state index contributed by atoms with van der Waals surface area (Å²) in [7, 11) is 0. The largest absolute Gasteiger partial charge is 0.391 e. The Morgan fingerprint density at radius 1 is 1.42 bits per heavy atom. The Morgan fingerprint density at radius 2 is 2.26 bits per heavy atom. The Morgan fingerprint density at radius 3 is 3.05 bits per heavy atom. The lowest BCUT2D eigenvalue weighted by Crippen LogP contribution is -2.18. The third-order valence-corrected chi connectivity index (χ3v) is 3.61. The summed E-state index contributed by atoms with van der Waals surface area (Å²) in [5, 5.41) is 20.7. The molecule has 0 saturated carbocycles. The molecule has 5 nitrogen and oxygen atoms in total. The van der Waals surface area contributed by atoms with E-state index in [0.29, 0.717) is 18.8 Å². The lowest BCUT2D eigenvalue weighted by atomic mass is 10.0. The van der Waals surface area contributed by atoms with Gasteiger partial charge in [-0.15, -0.1) is 0 Å². The summed E-state index contributed by atoms with van der Waals surface area (Å²) in [4.78, 5) is 5.67. The van der Waals surface area contributed by atoms with Gasteiger partial charge < -0.3 is 15.7 Å². The van der Waals surface area contributed by atoms with Gasteiger partial charge in [0.2, 0.25) is 0 Å². The molecular weight excluding hydrogens is 240 g/mol. The van der Waals surface area contributed by atoms with E-state index in [1.165, 1.54) is 0 Å². The molecule has 1 fully saturated rings. The molecular formula is C14H14N4O. The van der Waals surface area contributed by atoms with Gasteiger partial charge in [0.25, 0.3) is 0 Å². The molecule has 0 spiro atoms. The molecule has 2 aromatic rings. The molecule has 1 aromatic carbocycles. The van der Waals surface area contributed by atoms with Crippen molar-refractivity contribution in [3.63, 3.8) is 0 Å². The predicted molar refractivity (Wildman–Crippen MR) is 71.8 cm³/mol. The number of rotatable bonds is 1. The van der Waals surface area contributed by atoms with Gasteiger partial charge in [-0.05, 0) is 23.1 Å². The molecule has 96 valence electrons. The molecule has 19 heavy (non-hydrogen) atoms. The summed E-state index contributed by atoms with van der Waals surface area (Å²) in [6.07, 6.45) is 3.95. The molecule has 1 aliphatic rings. The van der Waals surface area contributed by atoms with Crippen molar-refractivity contribution in [2.75, 3.05) is 12.3 Å². The molecule has 1 aliphatic heterocycles. The quantitative estimate of drug-likeness (QED) is 0.751. The summed E-state index contributed by atoms with van der Waals surface area (Å²) >= 11 is 0. The van der Waals surface area contributed by atoms with E-state index in [1.807, 2.05) is 24.3 Å². The van der Waals surface area contributed by atoms with E-state index in [4.69, 9.17) is 11.0 Å². The van der Waals surface area contributed by atoms with Gasteiger partial charge in [0, 0.05) is 18.0 Å². The Hall–Kier alpha value is -2.32. The van der Waals surface area contributed by atoms with Crippen LogP contribution < -0.4 is 5.73 Å². The molecule has 5 heteroatoms. The molecule has 3 rings (SSSR count). The van der Waals surface area contributed by atoms with E-state index in [-0.39, 0.29) is 6.04 Å². The van der Waals surface area contributed by atoms with Gasteiger partial charge in [-0.2, -0.15) is 5.26 Å². The first-order valence-electron chi connectivity index (χ1n) is 6.17. The van der Waals surface area contributed by atoms with E-state index < -0.39 is 6.10 Å².